The monoisotopic (exact) mass is 848 g/mol. The highest BCUT2D eigenvalue weighted by atomic mass is 16.5. The standard InChI is InChI=1S/C56H52N2O6/c1-37-31-46(55(59)51(33-37)57-28-15-6-5-8-17-39-18-11-13-21-48(39)57)44-35-40(61-3)24-26-53(44)63-29-16-30-64-54-27-25-41(62-4)36-45(54)47-32-38(2)34-52(56(47)60)58-49-22-10-7-9-19-42(49)43-20-12-14-23-50(43)58/h5-15,18-21,23-27,31-36,59-60H,16-17,22,28-30H2,1-4H3/b8-5-,15-6-. The smallest absolute Gasteiger partial charge is 0.147 e. The third-order valence-electron chi connectivity index (χ3n) is 11.9. The number of fused-ring (bicyclic) bond motifs is 4. The van der Waals surface area contributed by atoms with Gasteiger partial charge in [0, 0.05) is 64.0 Å². The molecule has 0 spiro atoms. The molecule has 0 amide bonds. The molecule has 2 aliphatic rings. The molecule has 0 fully saturated rings. The molecule has 1 aliphatic heterocycles. The molecule has 7 aromatic rings. The molecule has 8 heteroatoms. The Labute approximate surface area is 374 Å². The number of phenols is 2. The number of rotatable bonds is 12. The van der Waals surface area contributed by atoms with E-state index in [2.05, 4.69) is 94.5 Å². The number of nitrogens with zero attached hydrogens (tertiary/aromatic N) is 2. The van der Waals surface area contributed by atoms with Gasteiger partial charge in [0.2, 0.25) is 0 Å². The highest BCUT2D eigenvalue weighted by molar-refractivity contribution is 5.94. The Morgan fingerprint density at radius 2 is 1.16 bits per heavy atom. The molecule has 0 saturated carbocycles. The van der Waals surface area contributed by atoms with Crippen LogP contribution in [0.3, 0.4) is 0 Å². The molecule has 0 bridgehead atoms. The summed E-state index contributed by atoms with van der Waals surface area (Å²) in [5.74, 6) is 2.85. The maximum Gasteiger partial charge on any atom is 0.147 e. The summed E-state index contributed by atoms with van der Waals surface area (Å²) in [6.45, 7) is 5.36. The lowest BCUT2D eigenvalue weighted by Gasteiger charge is -2.28. The minimum Gasteiger partial charge on any atom is -0.505 e. The van der Waals surface area contributed by atoms with Crippen molar-refractivity contribution in [2.45, 2.75) is 33.1 Å². The molecule has 0 atom stereocenters. The third-order valence-corrected chi connectivity index (χ3v) is 11.9. The van der Waals surface area contributed by atoms with Gasteiger partial charge in [0.25, 0.3) is 0 Å². The van der Waals surface area contributed by atoms with Gasteiger partial charge in [-0.25, -0.2) is 0 Å². The number of aromatic nitrogens is 1. The van der Waals surface area contributed by atoms with E-state index in [1.165, 1.54) is 5.56 Å². The van der Waals surface area contributed by atoms with Crippen molar-refractivity contribution in [1.29, 1.82) is 0 Å². The quantitative estimate of drug-likeness (QED) is 0.118. The highest BCUT2D eigenvalue weighted by Crippen LogP contribution is 2.47. The normalized spacial score (nSPS) is 14.2. The van der Waals surface area contributed by atoms with E-state index in [-0.39, 0.29) is 11.5 Å². The van der Waals surface area contributed by atoms with Gasteiger partial charge in [-0.05, 0) is 110 Å². The first-order chi connectivity index (χ1) is 31.3. The Bertz CT molecular complexity index is 2990. The number of benzene rings is 6. The van der Waals surface area contributed by atoms with E-state index in [1.807, 2.05) is 86.6 Å². The van der Waals surface area contributed by atoms with Crippen LogP contribution in [0.25, 0.3) is 44.9 Å². The van der Waals surface area contributed by atoms with Gasteiger partial charge in [-0.3, -0.25) is 0 Å². The fourth-order valence-electron chi connectivity index (χ4n) is 8.86. The van der Waals surface area contributed by atoms with Crippen molar-refractivity contribution >= 4 is 28.4 Å². The molecule has 0 radical (unpaired) electrons. The number of hydrogen-bond acceptors (Lipinski definition) is 7. The zero-order valence-corrected chi connectivity index (χ0v) is 36.7. The summed E-state index contributed by atoms with van der Waals surface area (Å²) in [4.78, 5) is 2.17. The van der Waals surface area contributed by atoms with Crippen molar-refractivity contribution in [1.82, 2.24) is 4.57 Å². The lowest BCUT2D eigenvalue weighted by molar-refractivity contribution is 0.248. The van der Waals surface area contributed by atoms with E-state index in [0.29, 0.717) is 71.7 Å². The van der Waals surface area contributed by atoms with Gasteiger partial charge in [0.15, 0.2) is 0 Å². The number of para-hydroxylation sites is 2. The number of anilines is 2. The van der Waals surface area contributed by atoms with Crippen molar-refractivity contribution in [3.8, 4) is 62.4 Å². The first-order valence-electron chi connectivity index (χ1n) is 21.8. The predicted octanol–water partition coefficient (Wildman–Crippen LogP) is 12.8. The van der Waals surface area contributed by atoms with Crippen LogP contribution < -0.4 is 23.8 Å². The van der Waals surface area contributed by atoms with Crippen molar-refractivity contribution in [3.63, 3.8) is 0 Å². The second-order valence-electron chi connectivity index (χ2n) is 16.1. The van der Waals surface area contributed by atoms with E-state index in [0.717, 1.165) is 62.9 Å². The first kappa shape index (κ1) is 41.8. The Kier molecular flexibility index (Phi) is 12.0. The predicted molar refractivity (Wildman–Crippen MR) is 259 cm³/mol. The maximum atomic E-state index is 12.2. The maximum absolute atomic E-state index is 12.2. The molecule has 9 rings (SSSR count). The van der Waals surface area contributed by atoms with Crippen LogP contribution in [0.5, 0.6) is 34.5 Å². The summed E-state index contributed by atoms with van der Waals surface area (Å²) >= 11 is 0. The zero-order chi connectivity index (χ0) is 44.2. The Balaban J connectivity index is 0.982. The minimum atomic E-state index is 0.155. The van der Waals surface area contributed by atoms with Gasteiger partial charge in [-0.15, -0.1) is 0 Å². The molecule has 8 nitrogen and oxygen atoms in total. The number of methoxy groups -OCH3 is 2. The number of phenolic OH excluding ortho intramolecular Hbond substituents is 2. The number of hydrogen-bond donors (Lipinski definition) is 2. The Morgan fingerprint density at radius 1 is 0.562 bits per heavy atom. The minimum absolute atomic E-state index is 0.155. The van der Waals surface area contributed by atoms with Gasteiger partial charge in [0.1, 0.15) is 34.5 Å². The SMILES string of the molecule is COc1ccc(OCCCOc2ccc(OC)cc2-c2cc(C)cc(-n3c4c(c5ccccc53)C=CC=CC4)c2O)c(-c2cc(C)cc(N3C/C=C\C=C/Cc4ccccc43)c2O)c1. The van der Waals surface area contributed by atoms with E-state index >= 15 is 0 Å². The van der Waals surface area contributed by atoms with Crippen LogP contribution in [0.2, 0.25) is 0 Å². The summed E-state index contributed by atoms with van der Waals surface area (Å²) in [6, 6.07) is 36.1. The van der Waals surface area contributed by atoms with E-state index in [4.69, 9.17) is 18.9 Å². The number of allylic oxidation sites excluding steroid dienone is 6. The van der Waals surface area contributed by atoms with Crippen molar-refractivity contribution in [2.24, 2.45) is 0 Å². The summed E-state index contributed by atoms with van der Waals surface area (Å²) in [5, 5.41) is 25.5. The van der Waals surface area contributed by atoms with Gasteiger partial charge < -0.3 is 38.6 Å². The fraction of sp³-hybridized carbons (Fsp3) is 0.179. The summed E-state index contributed by atoms with van der Waals surface area (Å²) in [6.07, 6.45) is 18.9. The van der Waals surface area contributed by atoms with Crippen LogP contribution in [-0.2, 0) is 12.8 Å². The van der Waals surface area contributed by atoms with E-state index in [9.17, 15) is 10.2 Å². The topological polar surface area (TPSA) is 85.5 Å². The summed E-state index contributed by atoms with van der Waals surface area (Å²) in [5.41, 5.74) is 11.7. The summed E-state index contributed by atoms with van der Waals surface area (Å²) < 4.78 is 26.5. The van der Waals surface area contributed by atoms with E-state index in [1.54, 1.807) is 14.2 Å². The van der Waals surface area contributed by atoms with Crippen LogP contribution in [0.15, 0.2) is 152 Å². The molecule has 1 aliphatic carbocycles. The van der Waals surface area contributed by atoms with Crippen LogP contribution in [0, 0.1) is 13.8 Å². The van der Waals surface area contributed by atoms with Gasteiger partial charge in [-0.1, -0.05) is 85.0 Å². The average Bonchev–Trinajstić information content (AvgIpc) is 3.49. The molecule has 2 N–H and O–H groups in total. The number of aryl methyl sites for hydroxylation is 2. The zero-order valence-electron chi connectivity index (χ0n) is 36.7. The van der Waals surface area contributed by atoms with Crippen LogP contribution in [0.1, 0.15) is 34.4 Å². The number of aromatic hydroxyl groups is 2. The Hall–Kier alpha value is -7.58. The fourth-order valence-corrected chi connectivity index (χ4v) is 8.86. The van der Waals surface area contributed by atoms with Gasteiger partial charge >= 0.3 is 0 Å². The Morgan fingerprint density at radius 3 is 1.86 bits per heavy atom. The molecular formula is C56H52N2O6. The molecule has 0 saturated heterocycles. The van der Waals surface area contributed by atoms with Crippen molar-refractivity contribution in [3.05, 3.63) is 180 Å². The average molecular weight is 849 g/mol. The second kappa shape index (κ2) is 18.4. The molecule has 2 heterocycles. The lowest BCUT2D eigenvalue weighted by Crippen LogP contribution is -2.19. The van der Waals surface area contributed by atoms with Gasteiger partial charge in [-0.2, -0.15) is 0 Å². The third kappa shape index (κ3) is 8.22. The van der Waals surface area contributed by atoms with Crippen LogP contribution in [0.4, 0.5) is 11.4 Å². The second-order valence-corrected chi connectivity index (χ2v) is 16.1. The molecule has 1 aromatic heterocycles. The lowest BCUT2D eigenvalue weighted by atomic mass is 9.98. The molecule has 6 aromatic carbocycles. The largest absolute Gasteiger partial charge is 0.505 e. The van der Waals surface area contributed by atoms with Crippen molar-refractivity contribution < 1.29 is 29.2 Å². The molecule has 64 heavy (non-hydrogen) atoms. The van der Waals surface area contributed by atoms with Crippen LogP contribution in [-0.4, -0.2) is 48.8 Å². The van der Waals surface area contributed by atoms with E-state index < -0.39 is 0 Å². The number of ether oxygens (including phenoxy) is 4. The molecular weight excluding hydrogens is 797 g/mol. The molecule has 322 valence electrons. The van der Waals surface area contributed by atoms with Gasteiger partial charge in [0.05, 0.1) is 44.3 Å². The first-order valence-corrected chi connectivity index (χ1v) is 21.8. The highest BCUT2D eigenvalue weighted by Gasteiger charge is 2.24. The van der Waals surface area contributed by atoms with Crippen molar-refractivity contribution in [2.75, 3.05) is 38.9 Å². The summed E-state index contributed by atoms with van der Waals surface area (Å²) in [7, 11) is 3.27. The molecule has 0 unspecified atom stereocenters. The van der Waals surface area contributed by atoms with Crippen LogP contribution >= 0.6 is 0 Å².